The van der Waals surface area contributed by atoms with E-state index in [0.717, 1.165) is 27.4 Å². The zero-order valence-corrected chi connectivity index (χ0v) is 25.6. The van der Waals surface area contributed by atoms with Gasteiger partial charge in [0, 0.05) is 12.6 Å². The first-order valence-corrected chi connectivity index (χ1v) is 15.2. The molecule has 7 nitrogen and oxygen atoms in total. The van der Waals surface area contributed by atoms with Crippen LogP contribution in [0.1, 0.15) is 43.9 Å². The molecule has 40 heavy (non-hydrogen) atoms. The molecule has 0 aliphatic rings. The second kappa shape index (κ2) is 13.5. The standard InChI is InChI=1S/C30H35Cl2N3O4S/c1-6-22(4)33-30(37)23(5)34(18-24-11-8-7-10-21(24)3)28(36)19-35(27-13-9-12-26(31)29(27)32)40(38,39)25-16-14-20(2)15-17-25/h7-17,22-23H,6,18-19H2,1-5H3,(H,33,37)/t22-,23-/m0/s1. The Morgan fingerprint density at radius 1 is 0.925 bits per heavy atom. The average Bonchev–Trinajstić information content (AvgIpc) is 2.92. The van der Waals surface area contributed by atoms with E-state index in [1.807, 2.05) is 52.0 Å². The maximum Gasteiger partial charge on any atom is 0.264 e. The third kappa shape index (κ3) is 7.36. The third-order valence-corrected chi connectivity index (χ3v) is 9.44. The first-order chi connectivity index (χ1) is 18.9. The monoisotopic (exact) mass is 603 g/mol. The van der Waals surface area contributed by atoms with Crippen LogP contribution in [0.4, 0.5) is 5.69 Å². The van der Waals surface area contributed by atoms with E-state index in [2.05, 4.69) is 5.32 Å². The van der Waals surface area contributed by atoms with Crippen LogP contribution < -0.4 is 9.62 Å². The van der Waals surface area contributed by atoms with Gasteiger partial charge in [-0.15, -0.1) is 0 Å². The Balaban J connectivity index is 2.08. The third-order valence-electron chi connectivity index (χ3n) is 6.86. The summed E-state index contributed by atoms with van der Waals surface area (Å²) >= 11 is 12.7. The van der Waals surface area contributed by atoms with E-state index < -0.39 is 28.5 Å². The Morgan fingerprint density at radius 3 is 2.20 bits per heavy atom. The van der Waals surface area contributed by atoms with Crippen molar-refractivity contribution < 1.29 is 18.0 Å². The number of aryl methyl sites for hydroxylation is 2. The maximum atomic E-state index is 14.0. The number of sulfonamides is 1. The van der Waals surface area contributed by atoms with Gasteiger partial charge in [0.2, 0.25) is 11.8 Å². The highest BCUT2D eigenvalue weighted by Crippen LogP contribution is 2.35. The molecule has 0 heterocycles. The van der Waals surface area contributed by atoms with E-state index in [9.17, 15) is 18.0 Å². The summed E-state index contributed by atoms with van der Waals surface area (Å²) in [4.78, 5) is 28.6. The molecule has 3 aromatic rings. The second-order valence-electron chi connectivity index (χ2n) is 9.84. The maximum absolute atomic E-state index is 14.0. The lowest BCUT2D eigenvalue weighted by Crippen LogP contribution is -2.52. The predicted molar refractivity (Wildman–Crippen MR) is 161 cm³/mol. The van der Waals surface area contributed by atoms with Crippen LogP contribution in [0.15, 0.2) is 71.6 Å². The van der Waals surface area contributed by atoms with E-state index >= 15 is 0 Å². The number of halogens is 2. The molecule has 0 bridgehead atoms. The second-order valence-corrected chi connectivity index (χ2v) is 12.5. The van der Waals surface area contributed by atoms with Crippen LogP contribution in [-0.4, -0.2) is 43.8 Å². The van der Waals surface area contributed by atoms with Gasteiger partial charge >= 0.3 is 0 Å². The van der Waals surface area contributed by atoms with Crippen molar-refractivity contribution in [2.24, 2.45) is 0 Å². The molecule has 0 fully saturated rings. The van der Waals surface area contributed by atoms with Crippen molar-refractivity contribution in [3.8, 4) is 0 Å². The molecule has 0 saturated carbocycles. The molecule has 0 saturated heterocycles. The number of nitrogens with one attached hydrogen (secondary N) is 1. The Morgan fingerprint density at radius 2 is 1.57 bits per heavy atom. The van der Waals surface area contributed by atoms with Gasteiger partial charge < -0.3 is 10.2 Å². The fraction of sp³-hybridized carbons (Fsp3) is 0.333. The first-order valence-electron chi connectivity index (χ1n) is 13.0. The van der Waals surface area contributed by atoms with Crippen molar-refractivity contribution in [3.63, 3.8) is 0 Å². The van der Waals surface area contributed by atoms with Crippen LogP contribution in [0.25, 0.3) is 0 Å². The fourth-order valence-corrected chi connectivity index (χ4v) is 5.93. The van der Waals surface area contributed by atoms with E-state index in [-0.39, 0.29) is 39.1 Å². The molecule has 214 valence electrons. The quantitative estimate of drug-likeness (QED) is 0.285. The molecule has 0 radical (unpaired) electrons. The van der Waals surface area contributed by atoms with Crippen molar-refractivity contribution >= 4 is 50.7 Å². The molecule has 2 amide bonds. The molecule has 3 aromatic carbocycles. The smallest absolute Gasteiger partial charge is 0.264 e. The molecule has 3 rings (SSSR count). The summed E-state index contributed by atoms with van der Waals surface area (Å²) in [7, 11) is -4.25. The Bertz CT molecular complexity index is 1460. The van der Waals surface area contributed by atoms with Crippen molar-refractivity contribution in [1.29, 1.82) is 0 Å². The first kappa shape index (κ1) is 31.5. The van der Waals surface area contributed by atoms with E-state index in [0.29, 0.717) is 0 Å². The lowest BCUT2D eigenvalue weighted by atomic mass is 10.1. The number of carbonyl (C=O) groups excluding carboxylic acids is 2. The number of benzene rings is 3. The highest BCUT2D eigenvalue weighted by Gasteiger charge is 2.34. The summed E-state index contributed by atoms with van der Waals surface area (Å²) in [5.41, 5.74) is 2.73. The number of anilines is 1. The van der Waals surface area contributed by atoms with Gasteiger partial charge in [-0.1, -0.05) is 78.2 Å². The molecule has 0 unspecified atom stereocenters. The van der Waals surface area contributed by atoms with E-state index in [1.165, 1.54) is 29.2 Å². The van der Waals surface area contributed by atoms with Crippen molar-refractivity contribution in [2.45, 2.75) is 64.6 Å². The molecular weight excluding hydrogens is 569 g/mol. The normalized spacial score (nSPS) is 12.9. The molecular formula is C30H35Cl2N3O4S. The van der Waals surface area contributed by atoms with Crippen molar-refractivity contribution in [1.82, 2.24) is 10.2 Å². The topological polar surface area (TPSA) is 86.8 Å². The summed E-state index contributed by atoms with van der Waals surface area (Å²) in [6, 6.07) is 17.5. The summed E-state index contributed by atoms with van der Waals surface area (Å²) in [6.45, 7) is 8.76. The molecule has 10 heteroatoms. The highest BCUT2D eigenvalue weighted by atomic mass is 35.5. The van der Waals surface area contributed by atoms with E-state index in [4.69, 9.17) is 23.2 Å². The summed E-state index contributed by atoms with van der Waals surface area (Å²) < 4.78 is 28.8. The van der Waals surface area contributed by atoms with Gasteiger partial charge in [-0.25, -0.2) is 8.42 Å². The molecule has 0 aliphatic carbocycles. The number of carbonyl (C=O) groups is 2. The minimum atomic E-state index is -4.25. The molecule has 0 spiro atoms. The lowest BCUT2D eigenvalue weighted by Gasteiger charge is -2.33. The van der Waals surface area contributed by atoms with Gasteiger partial charge in [0.05, 0.1) is 20.6 Å². The van der Waals surface area contributed by atoms with Gasteiger partial charge in [0.1, 0.15) is 12.6 Å². The Hall–Kier alpha value is -3.07. The molecule has 0 aromatic heterocycles. The Kier molecular flexibility index (Phi) is 10.6. The van der Waals surface area contributed by atoms with Gasteiger partial charge in [0.25, 0.3) is 10.0 Å². The summed E-state index contributed by atoms with van der Waals surface area (Å²) in [5.74, 6) is -0.896. The minimum absolute atomic E-state index is 0.000620. The summed E-state index contributed by atoms with van der Waals surface area (Å²) in [6.07, 6.45) is 0.722. The molecule has 1 N–H and O–H groups in total. The van der Waals surface area contributed by atoms with E-state index in [1.54, 1.807) is 25.1 Å². The van der Waals surface area contributed by atoms with Crippen LogP contribution in [-0.2, 0) is 26.2 Å². The zero-order valence-electron chi connectivity index (χ0n) is 23.3. The highest BCUT2D eigenvalue weighted by molar-refractivity contribution is 7.92. The lowest BCUT2D eigenvalue weighted by molar-refractivity contribution is -0.139. The zero-order chi connectivity index (χ0) is 29.6. The SMILES string of the molecule is CC[C@H](C)NC(=O)[C@H](C)N(Cc1ccccc1C)C(=O)CN(c1cccc(Cl)c1Cl)S(=O)(=O)c1ccc(C)cc1. The van der Waals surface area contributed by atoms with Crippen LogP contribution in [0, 0.1) is 13.8 Å². The van der Waals surface area contributed by atoms with Crippen LogP contribution in [0.2, 0.25) is 10.0 Å². The minimum Gasteiger partial charge on any atom is -0.352 e. The number of hydrogen-bond acceptors (Lipinski definition) is 4. The largest absolute Gasteiger partial charge is 0.352 e. The fourth-order valence-electron chi connectivity index (χ4n) is 4.05. The number of amides is 2. The van der Waals surface area contributed by atoms with Gasteiger partial charge in [-0.3, -0.25) is 13.9 Å². The van der Waals surface area contributed by atoms with Crippen molar-refractivity contribution in [2.75, 3.05) is 10.8 Å². The number of hydrogen-bond donors (Lipinski definition) is 1. The van der Waals surface area contributed by atoms with Crippen LogP contribution in [0.3, 0.4) is 0 Å². The van der Waals surface area contributed by atoms with Gasteiger partial charge in [0.15, 0.2) is 0 Å². The Labute approximate surface area is 247 Å². The van der Waals surface area contributed by atoms with Crippen molar-refractivity contribution in [3.05, 3.63) is 93.5 Å². The number of rotatable bonds is 11. The van der Waals surface area contributed by atoms with Crippen LogP contribution >= 0.6 is 23.2 Å². The predicted octanol–water partition coefficient (Wildman–Crippen LogP) is 6.14. The van der Waals surface area contributed by atoms with Gasteiger partial charge in [-0.05, 0) is 69.5 Å². The molecule has 0 aliphatic heterocycles. The number of nitrogens with zero attached hydrogens (tertiary/aromatic N) is 2. The summed E-state index contributed by atoms with van der Waals surface area (Å²) in [5, 5.41) is 3.07. The van der Waals surface area contributed by atoms with Gasteiger partial charge in [-0.2, -0.15) is 0 Å². The average molecular weight is 605 g/mol. The molecule has 2 atom stereocenters. The van der Waals surface area contributed by atoms with Crippen LogP contribution in [0.5, 0.6) is 0 Å².